The Hall–Kier alpha value is -2.96. The minimum Gasteiger partial charge on any atom is -0.507 e. The van der Waals surface area contributed by atoms with Gasteiger partial charge in [-0.1, -0.05) is 42.5 Å². The van der Waals surface area contributed by atoms with E-state index in [1.165, 1.54) is 0 Å². The highest BCUT2D eigenvalue weighted by atomic mass is 16.4. The van der Waals surface area contributed by atoms with Crippen LogP contribution in [0.4, 0.5) is 0 Å². The number of nitrogens with one attached hydrogen (secondary N) is 1. The van der Waals surface area contributed by atoms with Crippen molar-refractivity contribution in [3.63, 3.8) is 0 Å². The third kappa shape index (κ3) is 4.07. The van der Waals surface area contributed by atoms with Gasteiger partial charge in [0.05, 0.1) is 11.6 Å². The highest BCUT2D eigenvalue weighted by Gasteiger charge is 2.27. The summed E-state index contributed by atoms with van der Waals surface area (Å²) in [6, 6.07) is 16.0. The van der Waals surface area contributed by atoms with Gasteiger partial charge in [0.25, 0.3) is 0 Å². The minimum absolute atomic E-state index is 0.0517. The molecule has 0 saturated heterocycles. The van der Waals surface area contributed by atoms with Gasteiger partial charge in [-0.25, -0.2) is 9.78 Å². The molecule has 0 radical (unpaired) electrons. The van der Waals surface area contributed by atoms with Crippen molar-refractivity contribution < 1.29 is 15.0 Å². The normalized spacial score (nSPS) is 12.4. The molecule has 3 aromatic rings. The Bertz CT molecular complexity index is 942. The predicted molar refractivity (Wildman–Crippen MR) is 105 cm³/mol. The summed E-state index contributed by atoms with van der Waals surface area (Å²) in [6.45, 7) is 1.39. The van der Waals surface area contributed by atoms with Crippen molar-refractivity contribution >= 4 is 16.9 Å². The number of para-hydroxylation sites is 1. The van der Waals surface area contributed by atoms with Crippen molar-refractivity contribution in [3.05, 3.63) is 71.4 Å². The highest BCUT2D eigenvalue weighted by molar-refractivity contribution is 5.95. The van der Waals surface area contributed by atoms with Crippen LogP contribution in [0.15, 0.2) is 54.6 Å². The maximum Gasteiger partial charge on any atom is 0.355 e. The Morgan fingerprint density at radius 1 is 1.11 bits per heavy atom. The number of likely N-dealkylation sites (N-methyl/N-ethyl adjacent to an activating group) is 1. The number of aromatic carboxylic acids is 1. The summed E-state index contributed by atoms with van der Waals surface area (Å²) in [6.07, 6.45) is 0. The number of rotatable bonds is 7. The molecule has 3 N–H and O–H groups in total. The van der Waals surface area contributed by atoms with Gasteiger partial charge in [-0.05, 0) is 31.8 Å². The minimum atomic E-state index is -1.17. The Labute approximate surface area is 158 Å². The Balaban J connectivity index is 2.17. The van der Waals surface area contributed by atoms with Crippen LogP contribution in [0, 0.1) is 0 Å². The molecule has 0 fully saturated rings. The van der Waals surface area contributed by atoms with Gasteiger partial charge in [-0.15, -0.1) is 0 Å². The summed E-state index contributed by atoms with van der Waals surface area (Å²) in [5, 5.41) is 24.6. The summed E-state index contributed by atoms with van der Waals surface area (Å²) in [5.41, 5.74) is 1.46. The summed E-state index contributed by atoms with van der Waals surface area (Å²) in [4.78, 5) is 18.3. The van der Waals surface area contributed by atoms with Crippen LogP contribution in [-0.4, -0.2) is 53.3 Å². The number of fused-ring (bicyclic) bond motifs is 1. The number of hydrogen-bond donors (Lipinski definition) is 3. The number of hydrogen-bond acceptors (Lipinski definition) is 5. The molecule has 0 spiro atoms. The van der Waals surface area contributed by atoms with Crippen LogP contribution < -0.4 is 5.32 Å². The topological polar surface area (TPSA) is 85.7 Å². The second-order valence-electron chi connectivity index (χ2n) is 6.65. The van der Waals surface area contributed by atoms with E-state index in [0.29, 0.717) is 17.4 Å². The lowest BCUT2D eigenvalue weighted by atomic mass is 9.94. The standard InChI is InChI=1S/C21H23N3O3/c1-24(2)13-12-22-18(14-8-4-3-5-9-14)17-19(21(26)27)23-16-11-7-6-10-15(16)20(17)25/h3-11,18,22H,12-13H2,1-2H3,(H,23,25)(H,26,27). The average molecular weight is 365 g/mol. The van der Waals surface area contributed by atoms with Crippen molar-refractivity contribution in [1.82, 2.24) is 15.2 Å². The number of carboxylic acid groups (broad SMARTS) is 1. The zero-order valence-electron chi connectivity index (χ0n) is 15.4. The maximum atomic E-state index is 11.9. The lowest BCUT2D eigenvalue weighted by molar-refractivity contribution is 0.0688. The van der Waals surface area contributed by atoms with Crippen LogP contribution in [-0.2, 0) is 0 Å². The van der Waals surface area contributed by atoms with Gasteiger partial charge in [0.15, 0.2) is 5.69 Å². The maximum absolute atomic E-state index is 11.9. The van der Waals surface area contributed by atoms with E-state index < -0.39 is 12.0 Å². The largest absolute Gasteiger partial charge is 0.507 e. The predicted octanol–water partition coefficient (Wildman–Crippen LogP) is 2.88. The molecule has 2 aromatic carbocycles. The molecule has 6 nitrogen and oxygen atoms in total. The molecule has 0 aliphatic carbocycles. The molecule has 1 unspecified atom stereocenters. The van der Waals surface area contributed by atoms with E-state index in [9.17, 15) is 15.0 Å². The Kier molecular flexibility index (Phi) is 5.69. The number of nitrogens with zero attached hydrogens (tertiary/aromatic N) is 2. The van der Waals surface area contributed by atoms with Gasteiger partial charge in [0.1, 0.15) is 5.75 Å². The van der Waals surface area contributed by atoms with Crippen LogP contribution >= 0.6 is 0 Å². The summed E-state index contributed by atoms with van der Waals surface area (Å²) >= 11 is 0. The molecule has 3 rings (SSSR count). The zero-order valence-corrected chi connectivity index (χ0v) is 15.4. The zero-order chi connectivity index (χ0) is 19.4. The first kappa shape index (κ1) is 18.8. The molecule has 0 amide bonds. The van der Waals surface area contributed by atoms with E-state index in [1.54, 1.807) is 24.3 Å². The van der Waals surface area contributed by atoms with Gasteiger partial charge in [0, 0.05) is 24.0 Å². The molecule has 0 saturated carbocycles. The molecule has 27 heavy (non-hydrogen) atoms. The van der Waals surface area contributed by atoms with Crippen LogP contribution in [0.25, 0.3) is 10.9 Å². The summed E-state index contributed by atoms with van der Waals surface area (Å²) < 4.78 is 0. The van der Waals surface area contributed by atoms with Gasteiger partial charge < -0.3 is 20.4 Å². The van der Waals surface area contributed by atoms with Crippen molar-refractivity contribution in [3.8, 4) is 5.75 Å². The lowest BCUT2D eigenvalue weighted by Gasteiger charge is -2.23. The second-order valence-corrected chi connectivity index (χ2v) is 6.65. The van der Waals surface area contributed by atoms with Gasteiger partial charge >= 0.3 is 5.97 Å². The molecule has 1 heterocycles. The molecule has 0 bridgehead atoms. The first-order valence-electron chi connectivity index (χ1n) is 8.77. The summed E-state index contributed by atoms with van der Waals surface area (Å²) in [7, 11) is 3.94. The molecular weight excluding hydrogens is 342 g/mol. The number of aromatic nitrogens is 1. The van der Waals surface area contributed by atoms with Crippen molar-refractivity contribution in [2.75, 3.05) is 27.2 Å². The monoisotopic (exact) mass is 365 g/mol. The average Bonchev–Trinajstić information content (AvgIpc) is 2.66. The molecular formula is C21H23N3O3. The third-order valence-electron chi connectivity index (χ3n) is 4.43. The van der Waals surface area contributed by atoms with Gasteiger partial charge in [0.2, 0.25) is 0 Å². The van der Waals surface area contributed by atoms with Crippen LogP contribution in [0.3, 0.4) is 0 Å². The Morgan fingerprint density at radius 2 is 1.78 bits per heavy atom. The lowest BCUT2D eigenvalue weighted by Crippen LogP contribution is -2.31. The quantitative estimate of drug-likeness (QED) is 0.597. The van der Waals surface area contributed by atoms with E-state index >= 15 is 0 Å². The molecule has 1 atom stereocenters. The molecule has 140 valence electrons. The fraction of sp³-hybridized carbons (Fsp3) is 0.238. The molecule has 0 aliphatic heterocycles. The van der Waals surface area contributed by atoms with E-state index in [2.05, 4.69) is 10.3 Å². The number of benzene rings is 2. The van der Waals surface area contributed by atoms with Crippen LogP contribution in [0.2, 0.25) is 0 Å². The highest BCUT2D eigenvalue weighted by Crippen LogP contribution is 2.36. The third-order valence-corrected chi connectivity index (χ3v) is 4.43. The number of pyridine rings is 1. The number of carbonyl (C=O) groups is 1. The summed E-state index contributed by atoms with van der Waals surface area (Å²) in [5.74, 6) is -1.22. The van der Waals surface area contributed by atoms with Crippen molar-refractivity contribution in [2.24, 2.45) is 0 Å². The smallest absolute Gasteiger partial charge is 0.355 e. The Morgan fingerprint density at radius 3 is 2.44 bits per heavy atom. The number of carboxylic acids is 1. The van der Waals surface area contributed by atoms with E-state index in [-0.39, 0.29) is 17.0 Å². The van der Waals surface area contributed by atoms with Gasteiger partial charge in [-0.3, -0.25) is 0 Å². The van der Waals surface area contributed by atoms with E-state index in [0.717, 1.165) is 12.1 Å². The second kappa shape index (κ2) is 8.16. The van der Waals surface area contributed by atoms with Gasteiger partial charge in [-0.2, -0.15) is 0 Å². The molecule has 6 heteroatoms. The van der Waals surface area contributed by atoms with E-state index in [4.69, 9.17) is 0 Å². The van der Waals surface area contributed by atoms with Crippen LogP contribution in [0.5, 0.6) is 5.75 Å². The van der Waals surface area contributed by atoms with E-state index in [1.807, 2.05) is 49.3 Å². The first-order valence-corrected chi connectivity index (χ1v) is 8.77. The van der Waals surface area contributed by atoms with Crippen LogP contribution in [0.1, 0.15) is 27.7 Å². The van der Waals surface area contributed by atoms with Crippen molar-refractivity contribution in [2.45, 2.75) is 6.04 Å². The first-order chi connectivity index (χ1) is 13.0. The van der Waals surface area contributed by atoms with Crippen molar-refractivity contribution in [1.29, 1.82) is 0 Å². The number of aromatic hydroxyl groups is 1. The SMILES string of the molecule is CN(C)CCNC(c1ccccc1)c1c(C(=O)O)nc2ccccc2c1O. The fourth-order valence-corrected chi connectivity index (χ4v) is 3.11. The molecule has 1 aromatic heterocycles. The molecule has 0 aliphatic rings. The fourth-order valence-electron chi connectivity index (χ4n) is 3.11.